The van der Waals surface area contributed by atoms with Crippen molar-refractivity contribution in [3.05, 3.63) is 29.3 Å². The van der Waals surface area contributed by atoms with Crippen LogP contribution in [0.25, 0.3) is 0 Å². The molecule has 1 aromatic carbocycles. The zero-order valence-corrected chi connectivity index (χ0v) is 8.61. The van der Waals surface area contributed by atoms with Gasteiger partial charge in [-0.2, -0.15) is 12.6 Å². The van der Waals surface area contributed by atoms with Crippen molar-refractivity contribution in [1.29, 1.82) is 0 Å². The van der Waals surface area contributed by atoms with Crippen LogP contribution in [-0.2, 0) is 12.8 Å². The predicted octanol–water partition coefficient (Wildman–Crippen LogP) is 2.52. The van der Waals surface area contributed by atoms with E-state index in [-0.39, 0.29) is 0 Å². The molecule has 0 atom stereocenters. The Balaban J connectivity index is 2.24. The van der Waals surface area contributed by atoms with Crippen LogP contribution in [0.2, 0.25) is 0 Å². The number of hydrogen-bond donors (Lipinski definition) is 2. The number of fused-ring (bicyclic) bond motifs is 1. The summed E-state index contributed by atoms with van der Waals surface area (Å²) in [6.07, 6.45) is 3.57. The molecule has 2 rings (SSSR count). The highest BCUT2D eigenvalue weighted by molar-refractivity contribution is 7.80. The molecule has 1 nitrogen and oxygen atoms in total. The molecule has 1 aliphatic heterocycles. The van der Waals surface area contributed by atoms with Crippen LogP contribution in [0, 0.1) is 0 Å². The van der Waals surface area contributed by atoms with Gasteiger partial charge in [0.1, 0.15) is 0 Å². The van der Waals surface area contributed by atoms with Crippen molar-refractivity contribution in [3.8, 4) is 0 Å². The van der Waals surface area contributed by atoms with Crippen LogP contribution in [-0.4, -0.2) is 12.3 Å². The quantitative estimate of drug-likeness (QED) is 0.688. The topological polar surface area (TPSA) is 12.0 Å². The number of anilines is 1. The third-order valence-electron chi connectivity index (χ3n) is 2.51. The summed E-state index contributed by atoms with van der Waals surface area (Å²) >= 11 is 4.24. The molecule has 70 valence electrons. The molecule has 0 fully saturated rings. The molecule has 0 saturated heterocycles. The Hall–Kier alpha value is -0.630. The monoisotopic (exact) mass is 193 g/mol. The van der Waals surface area contributed by atoms with Gasteiger partial charge >= 0.3 is 0 Å². The number of aryl methyl sites for hydroxylation is 2. The van der Waals surface area contributed by atoms with Crippen molar-refractivity contribution in [1.82, 2.24) is 0 Å². The van der Waals surface area contributed by atoms with Gasteiger partial charge in [0.25, 0.3) is 0 Å². The van der Waals surface area contributed by atoms with Gasteiger partial charge in [0.05, 0.1) is 0 Å². The molecule has 0 aromatic heterocycles. The summed E-state index contributed by atoms with van der Waals surface area (Å²) in [4.78, 5) is 0. The minimum Gasteiger partial charge on any atom is -0.385 e. The average Bonchev–Trinajstić information content (AvgIpc) is 2.18. The molecule has 1 aromatic rings. The maximum Gasteiger partial charge on any atom is 0.0372 e. The van der Waals surface area contributed by atoms with Crippen LogP contribution in [0.5, 0.6) is 0 Å². The fraction of sp³-hybridized carbons (Fsp3) is 0.455. The first-order valence-corrected chi connectivity index (χ1v) is 5.50. The highest BCUT2D eigenvalue weighted by Crippen LogP contribution is 2.23. The second-order valence-electron chi connectivity index (χ2n) is 3.50. The lowest BCUT2D eigenvalue weighted by Gasteiger charge is -2.18. The molecular formula is C11H15NS. The Morgan fingerprint density at radius 1 is 1.38 bits per heavy atom. The van der Waals surface area contributed by atoms with Gasteiger partial charge in [-0.3, -0.25) is 0 Å². The standard InChI is InChI=1S/C11H15NS/c13-7-5-9-3-4-11-10(8-9)2-1-6-12-11/h3-4,8,12-13H,1-2,5-7H2. The van der Waals surface area contributed by atoms with Crippen LogP contribution in [0.1, 0.15) is 17.5 Å². The first-order chi connectivity index (χ1) is 6.40. The lowest BCUT2D eigenvalue weighted by Crippen LogP contribution is -2.11. The summed E-state index contributed by atoms with van der Waals surface area (Å²) in [6.45, 7) is 1.12. The second-order valence-corrected chi connectivity index (χ2v) is 3.94. The molecule has 2 heteroatoms. The van der Waals surface area contributed by atoms with Crippen molar-refractivity contribution < 1.29 is 0 Å². The van der Waals surface area contributed by atoms with Crippen LogP contribution in [0.3, 0.4) is 0 Å². The summed E-state index contributed by atoms with van der Waals surface area (Å²) < 4.78 is 0. The first kappa shape index (κ1) is 8.95. The average molecular weight is 193 g/mol. The lowest BCUT2D eigenvalue weighted by molar-refractivity contribution is 0.828. The van der Waals surface area contributed by atoms with Gasteiger partial charge in [-0.25, -0.2) is 0 Å². The van der Waals surface area contributed by atoms with E-state index in [0.717, 1.165) is 18.7 Å². The van der Waals surface area contributed by atoms with Crippen molar-refractivity contribution in [2.75, 3.05) is 17.6 Å². The molecule has 0 amide bonds. The van der Waals surface area contributed by atoms with E-state index in [0.29, 0.717) is 0 Å². The van der Waals surface area contributed by atoms with Crippen molar-refractivity contribution in [2.24, 2.45) is 0 Å². The number of rotatable bonds is 2. The fourth-order valence-electron chi connectivity index (χ4n) is 1.81. The molecular weight excluding hydrogens is 178 g/mol. The highest BCUT2D eigenvalue weighted by atomic mass is 32.1. The molecule has 1 heterocycles. The van der Waals surface area contributed by atoms with E-state index in [4.69, 9.17) is 0 Å². The van der Waals surface area contributed by atoms with Crippen molar-refractivity contribution in [3.63, 3.8) is 0 Å². The SMILES string of the molecule is SCCc1ccc2c(c1)CCCN2. The molecule has 0 spiro atoms. The molecule has 0 bridgehead atoms. The van der Waals surface area contributed by atoms with E-state index in [2.05, 4.69) is 36.1 Å². The van der Waals surface area contributed by atoms with Crippen molar-refractivity contribution in [2.45, 2.75) is 19.3 Å². The third kappa shape index (κ3) is 1.99. The molecule has 0 unspecified atom stereocenters. The smallest absolute Gasteiger partial charge is 0.0372 e. The zero-order valence-electron chi connectivity index (χ0n) is 7.71. The summed E-state index contributed by atoms with van der Waals surface area (Å²) in [7, 11) is 0. The van der Waals surface area contributed by atoms with E-state index >= 15 is 0 Å². The van der Waals surface area contributed by atoms with Gasteiger partial charge in [0, 0.05) is 12.2 Å². The Kier molecular flexibility index (Phi) is 2.79. The van der Waals surface area contributed by atoms with E-state index < -0.39 is 0 Å². The minimum absolute atomic E-state index is 0.937. The number of benzene rings is 1. The van der Waals surface area contributed by atoms with Gasteiger partial charge in [-0.05, 0) is 42.2 Å². The maximum absolute atomic E-state index is 4.24. The van der Waals surface area contributed by atoms with Crippen LogP contribution in [0.4, 0.5) is 5.69 Å². The number of nitrogens with one attached hydrogen (secondary N) is 1. The van der Waals surface area contributed by atoms with Gasteiger partial charge < -0.3 is 5.32 Å². The Morgan fingerprint density at radius 2 is 2.31 bits per heavy atom. The normalized spacial score (nSPS) is 14.8. The third-order valence-corrected chi connectivity index (χ3v) is 2.73. The van der Waals surface area contributed by atoms with Crippen LogP contribution < -0.4 is 5.32 Å². The summed E-state index contributed by atoms with van der Waals surface area (Å²) in [5.41, 5.74) is 4.22. The van der Waals surface area contributed by atoms with E-state index in [1.54, 1.807) is 0 Å². The Morgan fingerprint density at radius 3 is 3.15 bits per heavy atom. The maximum atomic E-state index is 4.24. The molecule has 0 radical (unpaired) electrons. The van der Waals surface area contributed by atoms with Gasteiger partial charge in [0.2, 0.25) is 0 Å². The summed E-state index contributed by atoms with van der Waals surface area (Å²) in [5.74, 6) is 0.937. The van der Waals surface area contributed by atoms with Gasteiger partial charge in [0.15, 0.2) is 0 Å². The molecule has 0 aliphatic carbocycles. The van der Waals surface area contributed by atoms with Crippen molar-refractivity contribution >= 4 is 18.3 Å². The van der Waals surface area contributed by atoms with E-state index in [1.165, 1.54) is 29.7 Å². The van der Waals surface area contributed by atoms with Crippen LogP contribution >= 0.6 is 12.6 Å². The second kappa shape index (κ2) is 4.05. The Labute approximate surface area is 85.0 Å². The fourth-order valence-corrected chi connectivity index (χ4v) is 2.07. The molecule has 1 aliphatic rings. The largest absolute Gasteiger partial charge is 0.385 e. The predicted molar refractivity (Wildman–Crippen MR) is 60.8 cm³/mol. The molecule has 1 N–H and O–H groups in total. The highest BCUT2D eigenvalue weighted by Gasteiger charge is 2.07. The molecule has 13 heavy (non-hydrogen) atoms. The Bertz CT molecular complexity index is 296. The lowest BCUT2D eigenvalue weighted by atomic mass is 10.00. The summed E-state index contributed by atoms with van der Waals surface area (Å²) in [5, 5.41) is 3.41. The first-order valence-electron chi connectivity index (χ1n) is 4.86. The minimum atomic E-state index is 0.937. The van der Waals surface area contributed by atoms with Gasteiger partial charge in [-0.15, -0.1) is 0 Å². The van der Waals surface area contributed by atoms with Crippen LogP contribution in [0.15, 0.2) is 18.2 Å². The van der Waals surface area contributed by atoms with E-state index in [1.807, 2.05) is 0 Å². The summed E-state index contributed by atoms with van der Waals surface area (Å²) in [6, 6.07) is 6.72. The zero-order chi connectivity index (χ0) is 9.10. The number of thiol groups is 1. The van der Waals surface area contributed by atoms with Gasteiger partial charge in [-0.1, -0.05) is 12.1 Å². The van der Waals surface area contributed by atoms with E-state index in [9.17, 15) is 0 Å². The number of hydrogen-bond acceptors (Lipinski definition) is 2. The molecule has 0 saturated carbocycles.